The number of Topliss-reactive ketones (excluding diaryl/α,β-unsaturated/α-hetero) is 2. The summed E-state index contributed by atoms with van der Waals surface area (Å²) >= 11 is 3.57. The predicted octanol–water partition coefficient (Wildman–Crippen LogP) is 5.48. The number of halogens is 1. The molecule has 0 bridgehead atoms. The van der Waals surface area contributed by atoms with E-state index in [1.807, 2.05) is 43.3 Å². The number of ether oxygens (including phenoxy) is 1. The second-order valence-electron chi connectivity index (χ2n) is 9.29. The molecule has 5 rings (SSSR count). The smallest absolute Gasteiger partial charge is 0.262 e. The lowest BCUT2D eigenvalue weighted by molar-refractivity contribution is -0.118. The molecule has 0 fully saturated rings. The fourth-order valence-electron chi connectivity index (χ4n) is 5.11. The van der Waals surface area contributed by atoms with Gasteiger partial charge in [-0.3, -0.25) is 14.4 Å². The van der Waals surface area contributed by atoms with Crippen molar-refractivity contribution >= 4 is 39.1 Å². The molecule has 2 aromatic rings. The molecule has 7 heteroatoms. The summed E-state index contributed by atoms with van der Waals surface area (Å²) in [7, 11) is 0. The summed E-state index contributed by atoms with van der Waals surface area (Å²) in [6.45, 7) is 1.85. The molecule has 1 aliphatic heterocycles. The monoisotopic (exact) mass is 534 g/mol. The van der Waals surface area contributed by atoms with Crippen molar-refractivity contribution in [3.63, 3.8) is 0 Å². The van der Waals surface area contributed by atoms with E-state index in [0.717, 1.165) is 59.4 Å². The van der Waals surface area contributed by atoms with Crippen molar-refractivity contribution in [3.05, 3.63) is 80.6 Å². The normalized spacial score (nSPS) is 18.1. The molecule has 180 valence electrons. The molecule has 2 aromatic carbocycles. The molecule has 0 spiro atoms. The van der Waals surface area contributed by atoms with E-state index in [9.17, 15) is 14.4 Å². The average Bonchev–Trinajstić information content (AvgIpc) is 2.84. The zero-order valence-electron chi connectivity index (χ0n) is 19.6. The lowest BCUT2D eigenvalue weighted by atomic mass is 9.71. The Kier molecular flexibility index (Phi) is 6.60. The highest BCUT2D eigenvalue weighted by Crippen LogP contribution is 2.46. The first kappa shape index (κ1) is 23.5. The molecule has 35 heavy (non-hydrogen) atoms. The molecule has 1 heterocycles. The van der Waals surface area contributed by atoms with Crippen LogP contribution in [0.3, 0.4) is 0 Å². The van der Waals surface area contributed by atoms with E-state index >= 15 is 0 Å². The van der Waals surface area contributed by atoms with Crippen LogP contribution in [-0.2, 0) is 14.4 Å². The highest BCUT2D eigenvalue weighted by molar-refractivity contribution is 9.10. The maximum absolute atomic E-state index is 13.0. The summed E-state index contributed by atoms with van der Waals surface area (Å²) in [6, 6.07) is 13.2. The molecule has 0 saturated carbocycles. The van der Waals surface area contributed by atoms with Gasteiger partial charge in [0.2, 0.25) is 0 Å². The van der Waals surface area contributed by atoms with E-state index in [1.54, 1.807) is 6.07 Å². The Morgan fingerprint density at radius 1 is 0.971 bits per heavy atom. The number of nitrogens with one attached hydrogen (secondary N) is 2. The fourth-order valence-corrected chi connectivity index (χ4v) is 5.62. The Hall–Kier alpha value is -3.19. The van der Waals surface area contributed by atoms with Gasteiger partial charge in [-0.2, -0.15) is 0 Å². The molecule has 6 nitrogen and oxygen atoms in total. The van der Waals surface area contributed by atoms with Crippen molar-refractivity contribution in [2.45, 2.75) is 51.4 Å². The Bertz CT molecular complexity index is 1230. The van der Waals surface area contributed by atoms with Crippen LogP contribution in [0.4, 0.5) is 5.69 Å². The van der Waals surface area contributed by atoms with Gasteiger partial charge in [-0.05, 0) is 78.4 Å². The number of carbonyl (C=O) groups is 3. The number of hydrogen-bond acceptors (Lipinski definition) is 5. The first-order valence-corrected chi connectivity index (χ1v) is 12.8. The number of hydrogen-bond donors (Lipinski definition) is 2. The summed E-state index contributed by atoms with van der Waals surface area (Å²) < 4.78 is 6.44. The lowest BCUT2D eigenvalue weighted by Crippen LogP contribution is -2.36. The van der Waals surface area contributed by atoms with Gasteiger partial charge < -0.3 is 15.4 Å². The largest absolute Gasteiger partial charge is 0.483 e. The van der Waals surface area contributed by atoms with Crippen LogP contribution in [0.25, 0.3) is 0 Å². The van der Waals surface area contributed by atoms with Crippen LogP contribution in [0.2, 0.25) is 0 Å². The molecule has 0 saturated heterocycles. The van der Waals surface area contributed by atoms with Gasteiger partial charge in [-0.25, -0.2) is 0 Å². The summed E-state index contributed by atoms with van der Waals surface area (Å²) in [5.74, 6) is 0.122. The third-order valence-electron chi connectivity index (χ3n) is 6.77. The van der Waals surface area contributed by atoms with Crippen molar-refractivity contribution in [3.8, 4) is 5.75 Å². The van der Waals surface area contributed by atoms with Crippen molar-refractivity contribution in [2.75, 3.05) is 11.9 Å². The summed E-state index contributed by atoms with van der Waals surface area (Å²) in [5, 5.41) is 6.26. The Balaban J connectivity index is 1.37. The van der Waals surface area contributed by atoms with E-state index < -0.39 is 0 Å². The quantitative estimate of drug-likeness (QED) is 0.530. The van der Waals surface area contributed by atoms with E-state index in [2.05, 4.69) is 26.6 Å². The molecule has 0 radical (unpaired) electrons. The number of ketones is 2. The van der Waals surface area contributed by atoms with E-state index in [-0.39, 0.29) is 30.0 Å². The Morgan fingerprint density at radius 3 is 2.20 bits per heavy atom. The average molecular weight is 535 g/mol. The second kappa shape index (κ2) is 9.82. The molecule has 2 N–H and O–H groups in total. The van der Waals surface area contributed by atoms with Crippen LogP contribution in [-0.4, -0.2) is 24.1 Å². The van der Waals surface area contributed by atoms with Gasteiger partial charge >= 0.3 is 0 Å². The number of anilines is 1. The third kappa shape index (κ3) is 4.82. The van der Waals surface area contributed by atoms with Crippen molar-refractivity contribution in [1.29, 1.82) is 0 Å². The number of dihydropyridines is 1. The van der Waals surface area contributed by atoms with Gasteiger partial charge in [0.25, 0.3) is 5.91 Å². The molecule has 0 unspecified atom stereocenters. The zero-order chi connectivity index (χ0) is 24.5. The number of allylic oxidation sites excluding steroid dienone is 4. The molecule has 0 atom stereocenters. The van der Waals surface area contributed by atoms with E-state index in [0.29, 0.717) is 28.8 Å². The first-order valence-electron chi connectivity index (χ1n) is 12.0. The van der Waals surface area contributed by atoms with E-state index in [4.69, 9.17) is 4.74 Å². The Labute approximate surface area is 212 Å². The van der Waals surface area contributed by atoms with Crippen LogP contribution < -0.4 is 15.4 Å². The topological polar surface area (TPSA) is 84.5 Å². The summed E-state index contributed by atoms with van der Waals surface area (Å²) in [6.07, 6.45) is 4.31. The molecule has 3 aliphatic rings. The molecule has 2 aliphatic carbocycles. The van der Waals surface area contributed by atoms with Crippen molar-refractivity contribution < 1.29 is 19.1 Å². The SMILES string of the molecule is Cc1ccc(NC(=O)COc2ccc(C3C4=C(CCCC4=O)NC4=C3C(=O)CCC4)cc2Br)cc1. The maximum Gasteiger partial charge on any atom is 0.262 e. The molecular formula is C28H27BrN2O4. The van der Waals surface area contributed by atoms with Gasteiger partial charge in [-0.15, -0.1) is 0 Å². The van der Waals surface area contributed by atoms with Crippen LogP contribution >= 0.6 is 15.9 Å². The first-order chi connectivity index (χ1) is 16.9. The fraction of sp³-hybridized carbons (Fsp3) is 0.321. The Morgan fingerprint density at radius 2 is 1.60 bits per heavy atom. The minimum Gasteiger partial charge on any atom is -0.483 e. The highest BCUT2D eigenvalue weighted by atomic mass is 79.9. The minimum absolute atomic E-state index is 0.109. The van der Waals surface area contributed by atoms with Gasteiger partial charge in [-0.1, -0.05) is 23.8 Å². The molecule has 1 amide bonds. The second-order valence-corrected chi connectivity index (χ2v) is 10.1. The van der Waals surface area contributed by atoms with Gasteiger partial charge in [0.05, 0.1) is 4.47 Å². The van der Waals surface area contributed by atoms with Gasteiger partial charge in [0, 0.05) is 47.0 Å². The van der Waals surface area contributed by atoms with Crippen LogP contribution in [0.15, 0.2) is 69.5 Å². The van der Waals surface area contributed by atoms with Crippen molar-refractivity contribution in [1.82, 2.24) is 5.32 Å². The summed E-state index contributed by atoms with van der Waals surface area (Å²) in [4.78, 5) is 38.3. The minimum atomic E-state index is -0.364. The predicted molar refractivity (Wildman–Crippen MR) is 137 cm³/mol. The number of carbonyl (C=O) groups excluding carboxylic acids is 3. The molecular weight excluding hydrogens is 508 g/mol. The van der Waals surface area contributed by atoms with Crippen LogP contribution in [0.1, 0.15) is 55.6 Å². The van der Waals surface area contributed by atoms with Crippen molar-refractivity contribution in [2.24, 2.45) is 0 Å². The lowest BCUT2D eigenvalue weighted by Gasteiger charge is -2.37. The van der Waals surface area contributed by atoms with E-state index in [1.165, 1.54) is 0 Å². The molecule has 0 aromatic heterocycles. The van der Waals surface area contributed by atoms with Crippen LogP contribution in [0.5, 0.6) is 5.75 Å². The maximum atomic E-state index is 13.0. The van der Waals surface area contributed by atoms with Gasteiger partial charge in [0.15, 0.2) is 18.2 Å². The zero-order valence-corrected chi connectivity index (χ0v) is 21.2. The number of rotatable bonds is 5. The number of amides is 1. The highest BCUT2D eigenvalue weighted by Gasteiger charge is 2.40. The third-order valence-corrected chi connectivity index (χ3v) is 7.39. The standard InChI is InChI=1S/C28H27BrN2O4/c1-16-8-11-18(12-9-16)30-25(34)15-35-24-13-10-17(14-19(24)29)26-27-20(4-2-6-22(27)32)31-21-5-3-7-23(33)28(21)26/h8-14,26,31H,2-7,15H2,1H3,(H,30,34). The summed E-state index contributed by atoms with van der Waals surface area (Å²) in [5.41, 5.74) is 6.08. The van der Waals surface area contributed by atoms with Crippen LogP contribution in [0, 0.1) is 6.92 Å². The number of benzene rings is 2. The number of aryl methyl sites for hydroxylation is 1. The van der Waals surface area contributed by atoms with Gasteiger partial charge in [0.1, 0.15) is 5.75 Å².